The maximum absolute atomic E-state index is 5.60. The zero-order valence-electron chi connectivity index (χ0n) is 19.0. The van der Waals surface area contributed by atoms with Gasteiger partial charge in [0.1, 0.15) is 11.5 Å². The Morgan fingerprint density at radius 3 is 2.39 bits per heavy atom. The molecule has 5 aromatic rings. The molecule has 0 unspecified atom stereocenters. The van der Waals surface area contributed by atoms with Crippen LogP contribution >= 0.6 is 11.3 Å². The number of fused-ring (bicyclic) bond motifs is 1. The highest BCUT2D eigenvalue weighted by molar-refractivity contribution is 7.21. The molecule has 0 radical (unpaired) electrons. The zero-order chi connectivity index (χ0) is 22.9. The topological polar surface area (TPSA) is 62.1 Å². The SMILES string of the molecule is CCOc1ccc(-n2nc(-c3ccc(C)c(C)c3)nc2-c2nc3ccc(OC)cc3s2)cc1. The number of methoxy groups -OCH3 is 1. The van der Waals surface area contributed by atoms with Gasteiger partial charge < -0.3 is 9.47 Å². The highest BCUT2D eigenvalue weighted by atomic mass is 32.1. The fourth-order valence-electron chi connectivity index (χ4n) is 3.61. The average Bonchev–Trinajstić information content (AvgIpc) is 3.45. The van der Waals surface area contributed by atoms with Gasteiger partial charge in [-0.15, -0.1) is 16.4 Å². The molecule has 6 nitrogen and oxygen atoms in total. The Morgan fingerprint density at radius 2 is 1.67 bits per heavy atom. The predicted molar refractivity (Wildman–Crippen MR) is 133 cm³/mol. The zero-order valence-corrected chi connectivity index (χ0v) is 19.8. The summed E-state index contributed by atoms with van der Waals surface area (Å²) < 4.78 is 13.9. The summed E-state index contributed by atoms with van der Waals surface area (Å²) in [5, 5.41) is 5.68. The molecular formula is C26H24N4O2S. The van der Waals surface area contributed by atoms with Crippen LogP contribution in [-0.2, 0) is 0 Å². The van der Waals surface area contributed by atoms with Crippen molar-refractivity contribution >= 4 is 21.6 Å². The lowest BCUT2D eigenvalue weighted by atomic mass is 10.1. The van der Waals surface area contributed by atoms with Gasteiger partial charge in [-0.1, -0.05) is 12.1 Å². The first-order valence-corrected chi connectivity index (χ1v) is 11.6. The molecule has 0 saturated heterocycles. The summed E-state index contributed by atoms with van der Waals surface area (Å²) in [6.45, 7) is 6.80. The fraction of sp³-hybridized carbons (Fsp3) is 0.192. The molecule has 0 fully saturated rings. The molecule has 0 aliphatic heterocycles. The van der Waals surface area contributed by atoms with Gasteiger partial charge in [-0.2, -0.15) is 0 Å². The Hall–Kier alpha value is -3.71. The average molecular weight is 457 g/mol. The Morgan fingerprint density at radius 1 is 0.879 bits per heavy atom. The molecule has 166 valence electrons. The van der Waals surface area contributed by atoms with E-state index in [0.717, 1.165) is 38.0 Å². The number of nitrogens with zero attached hydrogens (tertiary/aromatic N) is 4. The van der Waals surface area contributed by atoms with Crippen molar-refractivity contribution in [1.82, 2.24) is 19.7 Å². The van der Waals surface area contributed by atoms with E-state index in [1.165, 1.54) is 11.1 Å². The lowest BCUT2D eigenvalue weighted by Crippen LogP contribution is -2.00. The van der Waals surface area contributed by atoms with Gasteiger partial charge in [0, 0.05) is 5.56 Å². The lowest BCUT2D eigenvalue weighted by molar-refractivity contribution is 0.340. The summed E-state index contributed by atoms with van der Waals surface area (Å²) in [4.78, 5) is 9.78. The van der Waals surface area contributed by atoms with Gasteiger partial charge in [-0.05, 0) is 80.4 Å². The minimum atomic E-state index is 0.625. The molecule has 0 amide bonds. The predicted octanol–water partition coefficient (Wildman–Crippen LogP) is 6.24. The van der Waals surface area contributed by atoms with E-state index in [4.69, 9.17) is 24.5 Å². The summed E-state index contributed by atoms with van der Waals surface area (Å²) in [5.74, 6) is 3.00. The van der Waals surface area contributed by atoms with Crippen molar-refractivity contribution in [2.45, 2.75) is 20.8 Å². The first-order valence-electron chi connectivity index (χ1n) is 10.8. The second-order valence-corrected chi connectivity index (χ2v) is 8.78. The van der Waals surface area contributed by atoms with Crippen molar-refractivity contribution in [1.29, 1.82) is 0 Å². The number of rotatable bonds is 6. The minimum absolute atomic E-state index is 0.625. The first-order chi connectivity index (χ1) is 16.1. The summed E-state index contributed by atoms with van der Waals surface area (Å²) in [6.07, 6.45) is 0. The Bertz CT molecular complexity index is 1440. The van der Waals surface area contributed by atoms with Crippen molar-refractivity contribution in [3.05, 3.63) is 71.8 Å². The number of thiazole rings is 1. The van der Waals surface area contributed by atoms with Crippen molar-refractivity contribution in [2.75, 3.05) is 13.7 Å². The third-order valence-corrected chi connectivity index (χ3v) is 6.57. The van der Waals surface area contributed by atoms with Crippen LogP contribution in [-0.4, -0.2) is 33.5 Å². The fourth-order valence-corrected chi connectivity index (χ4v) is 4.58. The number of aryl methyl sites for hydroxylation is 2. The van der Waals surface area contributed by atoms with Crippen molar-refractivity contribution in [3.8, 4) is 39.4 Å². The second-order valence-electron chi connectivity index (χ2n) is 7.75. The molecule has 3 aromatic carbocycles. The molecule has 0 saturated carbocycles. The third kappa shape index (κ3) is 4.07. The van der Waals surface area contributed by atoms with Crippen LogP contribution in [0.2, 0.25) is 0 Å². The Kier molecular flexibility index (Phi) is 5.56. The summed E-state index contributed by atoms with van der Waals surface area (Å²) >= 11 is 1.58. The van der Waals surface area contributed by atoms with E-state index in [1.54, 1.807) is 18.4 Å². The van der Waals surface area contributed by atoms with Gasteiger partial charge in [-0.3, -0.25) is 0 Å². The number of hydrogen-bond donors (Lipinski definition) is 0. The highest BCUT2D eigenvalue weighted by Crippen LogP contribution is 2.34. The van der Waals surface area contributed by atoms with Gasteiger partial charge in [0.15, 0.2) is 16.7 Å². The lowest BCUT2D eigenvalue weighted by Gasteiger charge is -2.06. The molecule has 2 aromatic heterocycles. The van der Waals surface area contributed by atoms with Crippen molar-refractivity contribution in [2.24, 2.45) is 0 Å². The van der Waals surface area contributed by atoms with Crippen LogP contribution in [0.3, 0.4) is 0 Å². The van der Waals surface area contributed by atoms with Crippen LogP contribution in [0.15, 0.2) is 60.7 Å². The van der Waals surface area contributed by atoms with E-state index in [9.17, 15) is 0 Å². The standard InChI is InChI=1S/C26H24N4O2S/c1-5-32-20-10-8-19(9-11-20)30-25(26-27-22-13-12-21(31-4)15-23(22)33-26)28-24(29-30)18-7-6-16(2)17(3)14-18/h6-15H,5H2,1-4H3. The molecule has 0 aliphatic rings. The van der Waals surface area contributed by atoms with E-state index in [-0.39, 0.29) is 0 Å². The molecule has 7 heteroatoms. The first kappa shape index (κ1) is 21.2. The summed E-state index contributed by atoms with van der Waals surface area (Å²) in [7, 11) is 1.67. The largest absolute Gasteiger partial charge is 0.497 e. The third-order valence-electron chi connectivity index (χ3n) is 5.55. The molecular weight excluding hydrogens is 432 g/mol. The van der Waals surface area contributed by atoms with Crippen molar-refractivity contribution < 1.29 is 9.47 Å². The van der Waals surface area contributed by atoms with E-state index >= 15 is 0 Å². The molecule has 0 aliphatic carbocycles. The number of ether oxygens (including phenoxy) is 2. The molecule has 0 bridgehead atoms. The van der Waals surface area contributed by atoms with Crippen LogP contribution in [0.1, 0.15) is 18.1 Å². The summed E-state index contributed by atoms with van der Waals surface area (Å²) in [5.41, 5.74) is 5.23. The molecule has 2 heterocycles. The maximum atomic E-state index is 5.60. The summed E-state index contributed by atoms with van der Waals surface area (Å²) in [6, 6.07) is 20.1. The number of aromatic nitrogens is 4. The van der Waals surface area contributed by atoms with Gasteiger partial charge in [0.25, 0.3) is 0 Å². The second kappa shape index (κ2) is 8.67. The van der Waals surface area contributed by atoms with Gasteiger partial charge in [0.05, 0.1) is 29.6 Å². The van der Waals surface area contributed by atoms with E-state index in [0.29, 0.717) is 18.3 Å². The molecule has 0 atom stereocenters. The van der Waals surface area contributed by atoms with E-state index in [1.807, 2.05) is 54.1 Å². The van der Waals surface area contributed by atoms with Gasteiger partial charge in [-0.25, -0.2) is 14.6 Å². The molecule has 5 rings (SSSR count). The van der Waals surface area contributed by atoms with Crippen molar-refractivity contribution in [3.63, 3.8) is 0 Å². The van der Waals surface area contributed by atoms with E-state index in [2.05, 4.69) is 32.0 Å². The van der Waals surface area contributed by atoms with Gasteiger partial charge >= 0.3 is 0 Å². The van der Waals surface area contributed by atoms with Crippen LogP contribution in [0, 0.1) is 13.8 Å². The van der Waals surface area contributed by atoms with Gasteiger partial charge in [0.2, 0.25) is 0 Å². The monoisotopic (exact) mass is 456 g/mol. The minimum Gasteiger partial charge on any atom is -0.497 e. The molecule has 0 N–H and O–H groups in total. The number of hydrogen-bond acceptors (Lipinski definition) is 6. The number of benzene rings is 3. The molecule has 33 heavy (non-hydrogen) atoms. The Labute approximate surface area is 196 Å². The van der Waals surface area contributed by atoms with Crippen LogP contribution < -0.4 is 9.47 Å². The smallest absolute Gasteiger partial charge is 0.192 e. The van der Waals surface area contributed by atoms with Crippen LogP contribution in [0.4, 0.5) is 0 Å². The molecule has 0 spiro atoms. The quantitative estimate of drug-likeness (QED) is 0.303. The normalized spacial score (nSPS) is 11.2. The van der Waals surface area contributed by atoms with Crippen LogP contribution in [0.25, 0.3) is 38.1 Å². The Balaban J connectivity index is 1.66. The van der Waals surface area contributed by atoms with E-state index < -0.39 is 0 Å². The van der Waals surface area contributed by atoms with Crippen LogP contribution in [0.5, 0.6) is 11.5 Å². The highest BCUT2D eigenvalue weighted by Gasteiger charge is 2.19. The maximum Gasteiger partial charge on any atom is 0.192 e.